The Morgan fingerprint density at radius 2 is 1.69 bits per heavy atom. The van der Waals surface area contributed by atoms with E-state index in [1.807, 2.05) is 4.40 Å². The first-order valence-electron chi connectivity index (χ1n) is 11.4. The number of halogens is 2. The highest BCUT2D eigenvalue weighted by molar-refractivity contribution is 7.99. The van der Waals surface area contributed by atoms with Crippen LogP contribution in [0.25, 0.3) is 21.7 Å². The molecule has 0 saturated heterocycles. The number of carbonyl (C=O) groups excluding carboxylic acids is 1. The van der Waals surface area contributed by atoms with Gasteiger partial charge in [-0.05, 0) is 79.8 Å². The fraction of sp³-hybridized carbons (Fsp3) is 0.200. The summed E-state index contributed by atoms with van der Waals surface area (Å²) in [6, 6.07) is 14.1. The van der Waals surface area contributed by atoms with Crippen LogP contribution in [0, 0.1) is 0 Å². The number of fused-ring (bicyclic) bond motifs is 5. The monoisotopic (exact) mass is 555 g/mol. The van der Waals surface area contributed by atoms with E-state index in [0.717, 1.165) is 36.1 Å². The first kappa shape index (κ1) is 23.5. The molecule has 1 amide bonds. The number of benzene rings is 2. The van der Waals surface area contributed by atoms with E-state index in [4.69, 9.17) is 23.2 Å². The standard InChI is InChI=1S/C25H19Cl2N5O2S2/c26-14-5-9-16(10-6-14)28-20(33)13-35-25-30-29-24-31(17-11-7-15(27)8-12-17)22(34)21-18-3-1-2-4-19(18)36-23(21)32(24)25/h5-12H,1-4,13H2,(H,28,33). The van der Waals surface area contributed by atoms with Gasteiger partial charge in [-0.15, -0.1) is 21.5 Å². The molecule has 0 radical (unpaired) electrons. The van der Waals surface area contributed by atoms with Gasteiger partial charge in [-0.3, -0.25) is 9.59 Å². The topological polar surface area (TPSA) is 81.3 Å². The van der Waals surface area contributed by atoms with Crippen molar-refractivity contribution in [2.75, 3.05) is 11.1 Å². The summed E-state index contributed by atoms with van der Waals surface area (Å²) in [4.78, 5) is 28.6. The number of hydrogen-bond acceptors (Lipinski definition) is 6. The molecule has 0 bridgehead atoms. The van der Waals surface area contributed by atoms with Crippen molar-refractivity contribution in [2.45, 2.75) is 30.8 Å². The van der Waals surface area contributed by atoms with Crippen molar-refractivity contribution >= 4 is 73.9 Å². The molecule has 3 aromatic heterocycles. The molecular weight excluding hydrogens is 537 g/mol. The van der Waals surface area contributed by atoms with Crippen LogP contribution < -0.4 is 10.9 Å². The maximum Gasteiger partial charge on any atom is 0.268 e. The van der Waals surface area contributed by atoms with E-state index in [0.29, 0.717) is 37.7 Å². The number of nitrogens with one attached hydrogen (secondary N) is 1. The number of amides is 1. The lowest BCUT2D eigenvalue weighted by Gasteiger charge is -2.12. The van der Waals surface area contributed by atoms with Gasteiger partial charge in [0.15, 0.2) is 5.16 Å². The zero-order valence-corrected chi connectivity index (χ0v) is 22.0. The molecule has 0 unspecified atom stereocenters. The molecule has 0 saturated carbocycles. The van der Waals surface area contributed by atoms with Crippen LogP contribution in [0.1, 0.15) is 23.3 Å². The number of hydrogen-bond donors (Lipinski definition) is 1. The van der Waals surface area contributed by atoms with Crippen LogP contribution in [0.2, 0.25) is 10.0 Å². The Bertz CT molecular complexity index is 1670. The predicted molar refractivity (Wildman–Crippen MR) is 146 cm³/mol. The SMILES string of the molecule is O=C(CSc1nnc2n(-c3ccc(Cl)cc3)c(=O)c3c4c(sc3n12)CCCC4)Nc1ccc(Cl)cc1. The number of thiophene rings is 1. The van der Waals surface area contributed by atoms with E-state index >= 15 is 0 Å². The minimum atomic E-state index is -0.174. The van der Waals surface area contributed by atoms with Crippen molar-refractivity contribution in [2.24, 2.45) is 0 Å². The quantitative estimate of drug-likeness (QED) is 0.268. The van der Waals surface area contributed by atoms with Gasteiger partial charge in [0.1, 0.15) is 4.83 Å². The number of aryl methyl sites for hydroxylation is 2. The van der Waals surface area contributed by atoms with Crippen molar-refractivity contribution < 1.29 is 4.79 Å². The largest absolute Gasteiger partial charge is 0.325 e. The summed E-state index contributed by atoms with van der Waals surface area (Å²) < 4.78 is 3.50. The Morgan fingerprint density at radius 3 is 2.44 bits per heavy atom. The second-order valence-electron chi connectivity index (χ2n) is 8.47. The lowest BCUT2D eigenvalue weighted by Crippen LogP contribution is -2.22. The van der Waals surface area contributed by atoms with Crippen LogP contribution >= 0.6 is 46.3 Å². The predicted octanol–water partition coefficient (Wildman–Crippen LogP) is 6.01. The summed E-state index contributed by atoms with van der Waals surface area (Å²) in [7, 11) is 0. The molecule has 0 atom stereocenters. The van der Waals surface area contributed by atoms with E-state index in [-0.39, 0.29) is 17.2 Å². The van der Waals surface area contributed by atoms with Crippen LogP contribution in [-0.2, 0) is 17.6 Å². The third-order valence-electron chi connectivity index (χ3n) is 6.13. The molecule has 5 aromatic rings. The number of anilines is 1. The first-order chi connectivity index (χ1) is 17.5. The smallest absolute Gasteiger partial charge is 0.268 e. The third-order valence-corrected chi connectivity index (χ3v) is 8.84. The van der Waals surface area contributed by atoms with Crippen molar-refractivity contribution in [3.8, 4) is 5.69 Å². The number of thioether (sulfide) groups is 1. The normalized spacial score (nSPS) is 13.3. The summed E-state index contributed by atoms with van der Waals surface area (Å²) in [6.07, 6.45) is 4.02. The van der Waals surface area contributed by atoms with Crippen LogP contribution in [0.5, 0.6) is 0 Å². The Morgan fingerprint density at radius 1 is 1.00 bits per heavy atom. The van der Waals surface area contributed by atoms with Gasteiger partial charge in [-0.1, -0.05) is 35.0 Å². The number of nitrogens with zero attached hydrogens (tertiary/aromatic N) is 4. The Kier molecular flexibility index (Phi) is 6.25. The summed E-state index contributed by atoms with van der Waals surface area (Å²) in [5, 5.41) is 14.1. The highest BCUT2D eigenvalue weighted by Crippen LogP contribution is 2.36. The lowest BCUT2D eigenvalue weighted by atomic mass is 9.97. The fourth-order valence-electron chi connectivity index (χ4n) is 4.49. The van der Waals surface area contributed by atoms with Crippen LogP contribution in [-0.4, -0.2) is 30.8 Å². The summed E-state index contributed by atoms with van der Waals surface area (Å²) >= 11 is 14.9. The van der Waals surface area contributed by atoms with Crippen molar-refractivity contribution in [3.05, 3.63) is 79.4 Å². The zero-order valence-electron chi connectivity index (χ0n) is 18.8. The molecule has 0 fully saturated rings. The molecule has 182 valence electrons. The van der Waals surface area contributed by atoms with Gasteiger partial charge in [0.25, 0.3) is 5.56 Å². The van der Waals surface area contributed by atoms with Gasteiger partial charge >= 0.3 is 0 Å². The molecule has 2 aromatic carbocycles. The van der Waals surface area contributed by atoms with Gasteiger partial charge in [0, 0.05) is 20.6 Å². The molecule has 36 heavy (non-hydrogen) atoms. The molecule has 0 aliphatic heterocycles. The minimum Gasteiger partial charge on any atom is -0.325 e. The van der Waals surface area contributed by atoms with E-state index in [2.05, 4.69) is 15.5 Å². The average molecular weight is 557 g/mol. The molecule has 0 spiro atoms. The van der Waals surface area contributed by atoms with Crippen molar-refractivity contribution in [1.82, 2.24) is 19.2 Å². The lowest BCUT2D eigenvalue weighted by molar-refractivity contribution is -0.113. The second-order valence-corrected chi connectivity index (χ2v) is 11.4. The molecular formula is C25H19Cl2N5O2S2. The number of carbonyl (C=O) groups is 1. The Hall–Kier alpha value is -2.85. The Labute approximate surface area is 224 Å². The first-order valence-corrected chi connectivity index (χ1v) is 13.9. The van der Waals surface area contributed by atoms with Crippen LogP contribution in [0.4, 0.5) is 5.69 Å². The van der Waals surface area contributed by atoms with Gasteiger partial charge in [-0.25, -0.2) is 8.97 Å². The molecule has 1 aliphatic rings. The summed E-state index contributed by atoms with van der Waals surface area (Å²) in [6.45, 7) is 0. The number of aromatic nitrogens is 4. The highest BCUT2D eigenvalue weighted by Gasteiger charge is 2.25. The van der Waals surface area contributed by atoms with Gasteiger partial charge in [-0.2, -0.15) is 0 Å². The average Bonchev–Trinajstić information content (AvgIpc) is 3.47. The molecule has 11 heteroatoms. The molecule has 7 nitrogen and oxygen atoms in total. The minimum absolute atomic E-state index is 0.108. The fourth-order valence-corrected chi connectivity index (χ4v) is 6.92. The maximum atomic E-state index is 13.8. The van der Waals surface area contributed by atoms with Crippen LogP contribution in [0.3, 0.4) is 0 Å². The molecule has 1 aliphatic carbocycles. The Balaban J connectivity index is 1.44. The maximum absolute atomic E-state index is 13.8. The second kappa shape index (κ2) is 9.55. The van der Waals surface area contributed by atoms with E-state index in [1.165, 1.54) is 16.6 Å². The number of rotatable bonds is 5. The van der Waals surface area contributed by atoms with Gasteiger partial charge < -0.3 is 5.32 Å². The summed E-state index contributed by atoms with van der Waals surface area (Å²) in [5.74, 6) is 0.372. The highest BCUT2D eigenvalue weighted by atomic mass is 35.5. The zero-order chi connectivity index (χ0) is 24.8. The third kappa shape index (κ3) is 4.20. The molecule has 3 heterocycles. The van der Waals surface area contributed by atoms with Crippen LogP contribution in [0.15, 0.2) is 58.5 Å². The van der Waals surface area contributed by atoms with Gasteiger partial charge in [0.2, 0.25) is 11.7 Å². The van der Waals surface area contributed by atoms with Crippen molar-refractivity contribution in [3.63, 3.8) is 0 Å². The van der Waals surface area contributed by atoms with E-state index in [9.17, 15) is 9.59 Å². The van der Waals surface area contributed by atoms with E-state index < -0.39 is 0 Å². The molecule has 6 rings (SSSR count). The summed E-state index contributed by atoms with van der Waals surface area (Å²) in [5.41, 5.74) is 2.35. The van der Waals surface area contributed by atoms with E-state index in [1.54, 1.807) is 64.4 Å². The van der Waals surface area contributed by atoms with Gasteiger partial charge in [0.05, 0.1) is 16.8 Å². The molecule has 1 N–H and O–H groups in total. The van der Waals surface area contributed by atoms with Crippen molar-refractivity contribution in [1.29, 1.82) is 0 Å².